The maximum Gasteiger partial charge on any atom is 0.357 e. The highest BCUT2D eigenvalue weighted by atomic mass is 79.9. The molecule has 1 aromatic carbocycles. The van der Waals surface area contributed by atoms with E-state index >= 15 is 0 Å². The van der Waals surface area contributed by atoms with E-state index in [1.165, 1.54) is 0 Å². The van der Waals surface area contributed by atoms with Gasteiger partial charge in [0.25, 0.3) is 0 Å². The van der Waals surface area contributed by atoms with E-state index in [1.807, 2.05) is 26.0 Å². The smallest absolute Gasteiger partial charge is 0.357 e. The largest absolute Gasteiger partial charge is 0.476 e. The molecule has 0 aliphatic carbocycles. The molecule has 0 fully saturated rings. The lowest BCUT2D eigenvalue weighted by atomic mass is 10.2. The Labute approximate surface area is 101 Å². The van der Waals surface area contributed by atoms with Crippen molar-refractivity contribution in [1.82, 2.24) is 9.78 Å². The Hall–Kier alpha value is -1.36. The number of halogens is 1. The molecule has 0 aliphatic rings. The molecule has 0 unspecified atom stereocenters. The average Bonchev–Trinajstić information content (AvgIpc) is 2.56. The van der Waals surface area contributed by atoms with Crippen LogP contribution in [0.3, 0.4) is 0 Å². The first-order valence-corrected chi connectivity index (χ1v) is 5.71. The highest BCUT2D eigenvalue weighted by Gasteiger charge is 2.17. The van der Waals surface area contributed by atoms with Gasteiger partial charge in [-0.25, -0.2) is 4.79 Å². The predicted molar refractivity (Wildman–Crippen MR) is 64.8 cm³/mol. The first-order valence-electron chi connectivity index (χ1n) is 4.91. The number of hydrogen-bond acceptors (Lipinski definition) is 2. The van der Waals surface area contributed by atoms with Gasteiger partial charge in [0.1, 0.15) is 0 Å². The zero-order valence-corrected chi connectivity index (χ0v) is 10.5. The van der Waals surface area contributed by atoms with Gasteiger partial charge in [-0.05, 0) is 32.0 Å². The van der Waals surface area contributed by atoms with Crippen molar-refractivity contribution in [2.75, 3.05) is 0 Å². The summed E-state index contributed by atoms with van der Waals surface area (Å²) < 4.78 is 2.64. The van der Waals surface area contributed by atoms with Crippen molar-refractivity contribution < 1.29 is 9.90 Å². The highest BCUT2D eigenvalue weighted by molar-refractivity contribution is 9.10. The van der Waals surface area contributed by atoms with E-state index in [-0.39, 0.29) is 11.7 Å². The molecule has 84 valence electrons. The second kappa shape index (κ2) is 3.90. The normalized spacial score (nSPS) is 11.2. The van der Waals surface area contributed by atoms with Crippen LogP contribution in [0.5, 0.6) is 0 Å². The molecule has 0 radical (unpaired) electrons. The van der Waals surface area contributed by atoms with Gasteiger partial charge in [0.2, 0.25) is 0 Å². The molecule has 1 N–H and O–H groups in total. The molecule has 2 aromatic rings. The third-order valence-electron chi connectivity index (χ3n) is 2.36. The average molecular weight is 283 g/mol. The number of aromatic carboxylic acids is 1. The fraction of sp³-hybridized carbons (Fsp3) is 0.273. The Morgan fingerprint density at radius 1 is 1.50 bits per heavy atom. The first-order chi connectivity index (χ1) is 7.50. The Balaban J connectivity index is 2.81. The predicted octanol–water partition coefficient (Wildman–Crippen LogP) is 3.08. The molecule has 0 saturated carbocycles. The summed E-state index contributed by atoms with van der Waals surface area (Å²) in [6.45, 7) is 3.94. The summed E-state index contributed by atoms with van der Waals surface area (Å²) in [6.07, 6.45) is 0. The standard InChI is InChI=1S/C11H11BrN2O2/c1-6(2)14-9-5-7(12)3-4-8(9)10(13-14)11(15)16/h3-6H,1-2H3,(H,15,16). The van der Waals surface area contributed by atoms with Crippen LogP contribution >= 0.6 is 15.9 Å². The number of rotatable bonds is 2. The number of hydrogen-bond donors (Lipinski definition) is 1. The van der Waals surface area contributed by atoms with Crippen molar-refractivity contribution in [2.45, 2.75) is 19.9 Å². The molecule has 1 aromatic heterocycles. The third-order valence-corrected chi connectivity index (χ3v) is 2.85. The number of carbonyl (C=O) groups is 1. The van der Waals surface area contributed by atoms with Crippen molar-refractivity contribution in [1.29, 1.82) is 0 Å². The number of fused-ring (bicyclic) bond motifs is 1. The van der Waals surface area contributed by atoms with Crippen LogP contribution in [0.4, 0.5) is 0 Å². The van der Waals surface area contributed by atoms with Crippen molar-refractivity contribution in [2.24, 2.45) is 0 Å². The highest BCUT2D eigenvalue weighted by Crippen LogP contribution is 2.25. The molecule has 0 atom stereocenters. The monoisotopic (exact) mass is 282 g/mol. The lowest BCUT2D eigenvalue weighted by Crippen LogP contribution is -2.05. The van der Waals surface area contributed by atoms with Crippen molar-refractivity contribution >= 4 is 32.8 Å². The molecule has 0 spiro atoms. The van der Waals surface area contributed by atoms with E-state index in [0.717, 1.165) is 9.99 Å². The number of carboxylic acid groups (broad SMARTS) is 1. The van der Waals surface area contributed by atoms with E-state index in [9.17, 15) is 4.79 Å². The van der Waals surface area contributed by atoms with Crippen LogP contribution in [-0.4, -0.2) is 20.9 Å². The van der Waals surface area contributed by atoms with Crippen molar-refractivity contribution in [3.8, 4) is 0 Å². The van der Waals surface area contributed by atoms with Crippen LogP contribution in [0, 0.1) is 0 Å². The van der Waals surface area contributed by atoms with Gasteiger partial charge >= 0.3 is 5.97 Å². The number of carboxylic acids is 1. The quantitative estimate of drug-likeness (QED) is 0.921. The molecule has 0 saturated heterocycles. The molecule has 4 nitrogen and oxygen atoms in total. The fourth-order valence-electron chi connectivity index (χ4n) is 1.66. The van der Waals surface area contributed by atoms with Crippen LogP contribution in [0.2, 0.25) is 0 Å². The van der Waals surface area contributed by atoms with Crippen molar-refractivity contribution in [3.05, 3.63) is 28.4 Å². The topological polar surface area (TPSA) is 55.1 Å². The molecular formula is C11H11BrN2O2. The van der Waals surface area contributed by atoms with Gasteiger partial charge < -0.3 is 5.11 Å². The van der Waals surface area contributed by atoms with Crippen LogP contribution in [-0.2, 0) is 0 Å². The molecule has 1 heterocycles. The SMILES string of the molecule is CC(C)n1nc(C(=O)O)c2ccc(Br)cc21. The summed E-state index contributed by atoms with van der Waals surface area (Å²) >= 11 is 3.37. The molecule has 5 heteroatoms. The number of nitrogens with zero attached hydrogens (tertiary/aromatic N) is 2. The fourth-order valence-corrected chi connectivity index (χ4v) is 2.01. The first kappa shape index (κ1) is 11.1. The van der Waals surface area contributed by atoms with Gasteiger partial charge in [0, 0.05) is 15.9 Å². The Morgan fingerprint density at radius 2 is 2.19 bits per heavy atom. The van der Waals surface area contributed by atoms with Crippen LogP contribution in [0.25, 0.3) is 10.9 Å². The lowest BCUT2D eigenvalue weighted by Gasteiger charge is -2.06. The molecular weight excluding hydrogens is 272 g/mol. The minimum Gasteiger partial charge on any atom is -0.476 e. The third kappa shape index (κ3) is 1.71. The van der Waals surface area contributed by atoms with Gasteiger partial charge in [-0.1, -0.05) is 15.9 Å². The van der Waals surface area contributed by atoms with E-state index in [2.05, 4.69) is 21.0 Å². The summed E-state index contributed by atoms with van der Waals surface area (Å²) in [5, 5.41) is 13.9. The maximum atomic E-state index is 11.0. The van der Waals surface area contributed by atoms with E-state index in [1.54, 1.807) is 10.7 Å². The van der Waals surface area contributed by atoms with Gasteiger partial charge in [-0.2, -0.15) is 5.10 Å². The van der Waals surface area contributed by atoms with Crippen LogP contribution in [0.1, 0.15) is 30.4 Å². The summed E-state index contributed by atoms with van der Waals surface area (Å²) in [6, 6.07) is 5.61. The second-order valence-electron chi connectivity index (χ2n) is 3.85. The molecule has 2 rings (SSSR count). The summed E-state index contributed by atoms with van der Waals surface area (Å²) in [4.78, 5) is 11.0. The summed E-state index contributed by atoms with van der Waals surface area (Å²) in [5.74, 6) is -0.994. The molecule has 0 amide bonds. The van der Waals surface area contributed by atoms with Crippen LogP contribution in [0.15, 0.2) is 22.7 Å². The second-order valence-corrected chi connectivity index (χ2v) is 4.77. The maximum absolute atomic E-state index is 11.0. The Kier molecular flexibility index (Phi) is 2.71. The van der Waals surface area contributed by atoms with E-state index < -0.39 is 5.97 Å². The Morgan fingerprint density at radius 3 is 2.75 bits per heavy atom. The lowest BCUT2D eigenvalue weighted by molar-refractivity contribution is 0.0691. The van der Waals surface area contributed by atoms with E-state index in [0.29, 0.717) is 5.39 Å². The molecule has 0 bridgehead atoms. The summed E-state index contributed by atoms with van der Waals surface area (Å²) in [7, 11) is 0. The van der Waals surface area contributed by atoms with Crippen LogP contribution < -0.4 is 0 Å². The van der Waals surface area contributed by atoms with Gasteiger partial charge in [0.05, 0.1) is 5.52 Å². The van der Waals surface area contributed by atoms with Crippen molar-refractivity contribution in [3.63, 3.8) is 0 Å². The zero-order valence-electron chi connectivity index (χ0n) is 8.94. The Bertz CT molecular complexity index is 560. The van der Waals surface area contributed by atoms with Gasteiger partial charge in [0.15, 0.2) is 5.69 Å². The zero-order chi connectivity index (χ0) is 11.9. The van der Waals surface area contributed by atoms with Gasteiger partial charge in [-0.3, -0.25) is 4.68 Å². The number of benzene rings is 1. The van der Waals surface area contributed by atoms with Gasteiger partial charge in [-0.15, -0.1) is 0 Å². The number of aromatic nitrogens is 2. The minimum atomic E-state index is -0.994. The van der Waals surface area contributed by atoms with E-state index in [4.69, 9.17) is 5.11 Å². The molecule has 16 heavy (non-hydrogen) atoms. The summed E-state index contributed by atoms with van der Waals surface area (Å²) in [5.41, 5.74) is 0.943. The molecule has 0 aliphatic heterocycles. The minimum absolute atomic E-state index is 0.108.